The molecule has 3 aromatic carbocycles. The van der Waals surface area contributed by atoms with Crippen LogP contribution >= 0.6 is 11.3 Å². The minimum absolute atomic E-state index is 0.102. The van der Waals surface area contributed by atoms with Crippen LogP contribution in [0.5, 0.6) is 0 Å². The first-order valence-corrected chi connectivity index (χ1v) is 12.3. The molecule has 0 fully saturated rings. The maximum Gasteiger partial charge on any atom is 0.396 e. The second kappa shape index (κ2) is 8.72. The number of sulfonamides is 1. The van der Waals surface area contributed by atoms with Gasteiger partial charge in [-0.25, -0.2) is 4.79 Å². The minimum atomic E-state index is -3.95. The van der Waals surface area contributed by atoms with Gasteiger partial charge in [0, 0.05) is 16.8 Å². The van der Waals surface area contributed by atoms with Gasteiger partial charge in [-0.2, -0.15) is 8.42 Å². The molecule has 0 saturated heterocycles. The summed E-state index contributed by atoms with van der Waals surface area (Å²) in [5.41, 5.74) is 3.63. The molecule has 1 heterocycles. The minimum Gasteiger partial charge on any atom is -0.414 e. The number of benzene rings is 3. The summed E-state index contributed by atoms with van der Waals surface area (Å²) < 4.78 is 36.2. The molecule has 0 aliphatic carbocycles. The molecule has 8 heteroatoms. The van der Waals surface area contributed by atoms with Gasteiger partial charge in [0.15, 0.2) is 11.4 Å². The molecule has 1 N–H and O–H groups in total. The van der Waals surface area contributed by atoms with Crippen molar-refractivity contribution in [2.45, 2.75) is 31.6 Å². The van der Waals surface area contributed by atoms with Crippen LogP contribution < -0.4 is 10.3 Å². The van der Waals surface area contributed by atoms with Crippen molar-refractivity contribution in [2.24, 2.45) is 4.40 Å². The number of hydrogen-bond donors (Lipinski definition) is 1. The lowest BCUT2D eigenvalue weighted by atomic mass is 10.0. The third kappa shape index (κ3) is 4.66. The first-order chi connectivity index (χ1) is 15.2. The van der Waals surface area contributed by atoms with Crippen molar-refractivity contribution in [2.75, 3.05) is 5.32 Å². The summed E-state index contributed by atoms with van der Waals surface area (Å²) in [6.45, 7) is 5.90. The summed E-state index contributed by atoms with van der Waals surface area (Å²) in [4.78, 5) is 11.6. The molecule has 0 radical (unpaired) electrons. The van der Waals surface area contributed by atoms with E-state index in [4.69, 9.17) is 4.42 Å². The van der Waals surface area contributed by atoms with Gasteiger partial charge < -0.3 is 9.73 Å². The van der Waals surface area contributed by atoms with Crippen LogP contribution in [-0.2, 0) is 10.0 Å². The third-order valence-electron chi connectivity index (χ3n) is 4.92. The topological polar surface area (TPSA) is 88.7 Å². The number of aryl methyl sites for hydroxylation is 1. The Morgan fingerprint density at radius 1 is 1.03 bits per heavy atom. The zero-order chi connectivity index (χ0) is 22.9. The highest BCUT2D eigenvalue weighted by Gasteiger charge is 2.18. The van der Waals surface area contributed by atoms with Gasteiger partial charge in [0.05, 0.1) is 9.60 Å². The molecule has 0 spiro atoms. The van der Waals surface area contributed by atoms with Gasteiger partial charge in [0.1, 0.15) is 0 Å². The van der Waals surface area contributed by atoms with E-state index in [1.54, 1.807) is 42.5 Å². The Balaban J connectivity index is 1.83. The number of anilines is 1. The van der Waals surface area contributed by atoms with Crippen molar-refractivity contribution in [3.8, 4) is 0 Å². The van der Waals surface area contributed by atoms with Gasteiger partial charge in [-0.15, -0.1) is 4.40 Å². The van der Waals surface area contributed by atoms with Crippen LogP contribution in [-0.4, -0.2) is 14.3 Å². The number of fused-ring (bicyclic) bond motifs is 1. The Kier molecular flexibility index (Phi) is 5.99. The van der Waals surface area contributed by atoms with Gasteiger partial charge in [-0.1, -0.05) is 73.2 Å². The molecule has 0 saturated carbocycles. The Labute approximate surface area is 190 Å². The molecule has 4 aromatic rings. The molecule has 32 heavy (non-hydrogen) atoms. The summed E-state index contributed by atoms with van der Waals surface area (Å²) in [6.07, 6.45) is 0. The van der Waals surface area contributed by atoms with E-state index < -0.39 is 10.0 Å². The van der Waals surface area contributed by atoms with Crippen molar-refractivity contribution in [1.29, 1.82) is 0 Å². The highest BCUT2D eigenvalue weighted by molar-refractivity contribution is 7.90. The maximum absolute atomic E-state index is 13.0. The highest BCUT2D eigenvalue weighted by Crippen LogP contribution is 2.31. The lowest BCUT2D eigenvalue weighted by Gasteiger charge is -2.13. The van der Waals surface area contributed by atoms with Gasteiger partial charge in [0.2, 0.25) is 0 Å². The summed E-state index contributed by atoms with van der Waals surface area (Å²) in [5, 5.41) is 3.16. The lowest BCUT2D eigenvalue weighted by molar-refractivity contribution is 0.578. The van der Waals surface area contributed by atoms with Gasteiger partial charge >= 0.3 is 4.94 Å². The summed E-state index contributed by atoms with van der Waals surface area (Å²) >= 11 is 1.01. The first-order valence-electron chi connectivity index (χ1n) is 10.0. The van der Waals surface area contributed by atoms with Crippen LogP contribution in [0.1, 0.15) is 36.5 Å². The van der Waals surface area contributed by atoms with Crippen LogP contribution in [0, 0.1) is 6.92 Å². The summed E-state index contributed by atoms with van der Waals surface area (Å²) in [7, 11) is -3.95. The van der Waals surface area contributed by atoms with Crippen LogP contribution in [0.3, 0.4) is 0 Å². The van der Waals surface area contributed by atoms with Gasteiger partial charge in [-0.3, -0.25) is 0 Å². The Morgan fingerprint density at radius 3 is 2.38 bits per heavy atom. The van der Waals surface area contributed by atoms with Crippen molar-refractivity contribution < 1.29 is 12.8 Å². The second-order valence-corrected chi connectivity index (χ2v) is 10.3. The molecular formula is C24H22N2O4S2. The predicted molar refractivity (Wildman–Crippen MR) is 129 cm³/mol. The Hall–Kier alpha value is -3.23. The summed E-state index contributed by atoms with van der Waals surface area (Å²) in [6, 6.07) is 19.2. The lowest BCUT2D eigenvalue weighted by Crippen LogP contribution is -2.16. The SMILES string of the molecule is Cc1ccc(S(=O)(=O)N=C(Nc2cc(C(C)C)c3oc(=O)sc3c2)c2ccccc2)cc1. The number of amidine groups is 1. The monoisotopic (exact) mass is 466 g/mol. The first kappa shape index (κ1) is 22.0. The fourth-order valence-corrected chi connectivity index (χ4v) is 4.99. The zero-order valence-electron chi connectivity index (χ0n) is 17.8. The van der Waals surface area contributed by atoms with Gasteiger partial charge in [0.25, 0.3) is 10.0 Å². The molecule has 0 atom stereocenters. The molecule has 1 aromatic heterocycles. The number of nitrogens with one attached hydrogen (secondary N) is 1. The quantitative estimate of drug-likeness (QED) is 0.308. The molecule has 4 rings (SSSR count). The molecule has 0 aliphatic heterocycles. The van der Waals surface area contributed by atoms with E-state index in [0.717, 1.165) is 22.5 Å². The molecule has 0 amide bonds. The van der Waals surface area contributed by atoms with E-state index in [-0.39, 0.29) is 21.6 Å². The average molecular weight is 467 g/mol. The van der Waals surface area contributed by atoms with E-state index in [0.29, 0.717) is 21.5 Å². The van der Waals surface area contributed by atoms with Crippen molar-refractivity contribution in [3.05, 3.63) is 93.2 Å². The molecule has 164 valence electrons. The van der Waals surface area contributed by atoms with Crippen molar-refractivity contribution >= 4 is 43.2 Å². The van der Waals surface area contributed by atoms with E-state index >= 15 is 0 Å². The Morgan fingerprint density at radius 2 is 1.72 bits per heavy atom. The van der Waals surface area contributed by atoms with Crippen molar-refractivity contribution in [3.63, 3.8) is 0 Å². The van der Waals surface area contributed by atoms with Crippen LogP contribution in [0.15, 0.2) is 85.2 Å². The smallest absolute Gasteiger partial charge is 0.396 e. The fourth-order valence-electron chi connectivity index (χ4n) is 3.27. The van der Waals surface area contributed by atoms with E-state index in [1.165, 1.54) is 0 Å². The van der Waals surface area contributed by atoms with Gasteiger partial charge in [-0.05, 0) is 37.1 Å². The highest BCUT2D eigenvalue weighted by atomic mass is 32.2. The second-order valence-electron chi connectivity index (χ2n) is 7.72. The van der Waals surface area contributed by atoms with Crippen LogP contribution in [0.2, 0.25) is 0 Å². The fraction of sp³-hybridized carbons (Fsp3) is 0.167. The summed E-state index contributed by atoms with van der Waals surface area (Å²) in [5.74, 6) is 0.293. The molecule has 0 bridgehead atoms. The largest absolute Gasteiger partial charge is 0.414 e. The average Bonchev–Trinajstić information content (AvgIpc) is 3.13. The molecular weight excluding hydrogens is 444 g/mol. The van der Waals surface area contributed by atoms with E-state index in [1.807, 2.05) is 45.0 Å². The normalized spacial score (nSPS) is 12.4. The zero-order valence-corrected chi connectivity index (χ0v) is 19.5. The van der Waals surface area contributed by atoms with E-state index in [9.17, 15) is 13.2 Å². The number of rotatable bonds is 5. The molecule has 0 aliphatic rings. The van der Waals surface area contributed by atoms with Crippen LogP contribution in [0.25, 0.3) is 10.3 Å². The van der Waals surface area contributed by atoms with E-state index in [2.05, 4.69) is 9.71 Å². The Bertz CT molecular complexity index is 1450. The van der Waals surface area contributed by atoms with Crippen molar-refractivity contribution in [1.82, 2.24) is 0 Å². The predicted octanol–water partition coefficient (Wildman–Crippen LogP) is 5.53. The maximum atomic E-state index is 13.0. The molecule has 6 nitrogen and oxygen atoms in total. The number of nitrogens with zero attached hydrogens (tertiary/aromatic N) is 1. The van der Waals surface area contributed by atoms with Crippen LogP contribution in [0.4, 0.5) is 5.69 Å². The molecule has 0 unspecified atom stereocenters. The third-order valence-corrected chi connectivity index (χ3v) is 6.99. The number of hydrogen-bond acceptors (Lipinski definition) is 5. The standard InChI is InChI=1S/C24H22N2O4S2/c1-15(2)20-13-18(14-21-22(20)30-24(27)31-21)25-23(17-7-5-4-6-8-17)26-32(28,29)19-11-9-16(3)10-12-19/h4-15H,1-3H3,(H,25,26).